The first-order chi connectivity index (χ1) is 17.9. The Labute approximate surface area is 219 Å². The van der Waals surface area contributed by atoms with Gasteiger partial charge in [0.05, 0.1) is 23.5 Å². The maximum absolute atomic E-state index is 12.9. The summed E-state index contributed by atoms with van der Waals surface area (Å²) >= 11 is 0. The van der Waals surface area contributed by atoms with Gasteiger partial charge < -0.3 is 19.7 Å². The van der Waals surface area contributed by atoms with Crippen molar-refractivity contribution >= 4 is 23.3 Å². The first-order valence-electron chi connectivity index (χ1n) is 12.7. The van der Waals surface area contributed by atoms with Crippen LogP contribution in [0.25, 0.3) is 0 Å². The van der Waals surface area contributed by atoms with E-state index < -0.39 is 5.97 Å². The number of carbonyl (C=O) groups is 2. The molecule has 7 nitrogen and oxygen atoms in total. The molecule has 1 N–H and O–H groups in total. The van der Waals surface area contributed by atoms with Gasteiger partial charge in [-0.2, -0.15) is 0 Å². The third-order valence-corrected chi connectivity index (χ3v) is 6.43. The third-order valence-electron chi connectivity index (χ3n) is 6.43. The molecule has 0 unspecified atom stereocenters. The van der Waals surface area contributed by atoms with E-state index in [2.05, 4.69) is 39.4 Å². The van der Waals surface area contributed by atoms with Crippen LogP contribution in [0.4, 0.5) is 11.4 Å². The number of piperazine rings is 1. The summed E-state index contributed by atoms with van der Waals surface area (Å²) in [6.07, 6.45) is 0. The van der Waals surface area contributed by atoms with Crippen LogP contribution in [0.2, 0.25) is 0 Å². The van der Waals surface area contributed by atoms with Crippen LogP contribution in [-0.2, 0) is 16.1 Å². The van der Waals surface area contributed by atoms with E-state index in [1.165, 1.54) is 5.56 Å². The van der Waals surface area contributed by atoms with Gasteiger partial charge in [-0.1, -0.05) is 48.0 Å². The summed E-state index contributed by atoms with van der Waals surface area (Å²) in [7, 11) is 0. The van der Waals surface area contributed by atoms with Crippen LogP contribution in [0.3, 0.4) is 0 Å². The molecule has 1 fully saturated rings. The summed E-state index contributed by atoms with van der Waals surface area (Å²) in [6.45, 7) is 10.2. The molecule has 0 aromatic heterocycles. The Morgan fingerprint density at radius 2 is 1.68 bits per heavy atom. The van der Waals surface area contributed by atoms with Crippen molar-refractivity contribution < 1.29 is 19.1 Å². The van der Waals surface area contributed by atoms with Gasteiger partial charge in [0.1, 0.15) is 5.75 Å². The number of rotatable bonds is 9. The highest BCUT2D eigenvalue weighted by Crippen LogP contribution is 2.29. The second-order valence-corrected chi connectivity index (χ2v) is 9.31. The van der Waals surface area contributed by atoms with E-state index in [1.54, 1.807) is 19.1 Å². The zero-order valence-corrected chi connectivity index (χ0v) is 21.8. The van der Waals surface area contributed by atoms with E-state index in [0.29, 0.717) is 17.0 Å². The van der Waals surface area contributed by atoms with E-state index in [1.807, 2.05) is 44.2 Å². The van der Waals surface area contributed by atoms with Crippen molar-refractivity contribution in [2.75, 3.05) is 49.6 Å². The van der Waals surface area contributed by atoms with E-state index in [9.17, 15) is 9.59 Å². The van der Waals surface area contributed by atoms with E-state index >= 15 is 0 Å². The van der Waals surface area contributed by atoms with Gasteiger partial charge in [-0.25, -0.2) is 4.79 Å². The first kappa shape index (κ1) is 26.2. The van der Waals surface area contributed by atoms with Crippen molar-refractivity contribution in [3.05, 3.63) is 89.0 Å². The normalized spacial score (nSPS) is 13.8. The number of amides is 1. The minimum atomic E-state index is -0.413. The Morgan fingerprint density at radius 1 is 0.919 bits per heavy atom. The Balaban J connectivity index is 1.45. The van der Waals surface area contributed by atoms with Crippen LogP contribution in [0, 0.1) is 13.8 Å². The summed E-state index contributed by atoms with van der Waals surface area (Å²) in [5, 5.41) is 2.97. The molecule has 3 aromatic rings. The Hall–Kier alpha value is -3.84. The lowest BCUT2D eigenvalue weighted by Crippen LogP contribution is -2.46. The average Bonchev–Trinajstić information content (AvgIpc) is 2.89. The van der Waals surface area contributed by atoms with Crippen LogP contribution < -0.4 is 15.0 Å². The van der Waals surface area contributed by atoms with Crippen LogP contribution >= 0.6 is 0 Å². The van der Waals surface area contributed by atoms with Crippen LogP contribution in [0.15, 0.2) is 66.7 Å². The van der Waals surface area contributed by atoms with Crippen molar-refractivity contribution in [2.45, 2.75) is 27.3 Å². The number of nitrogens with one attached hydrogen (secondary N) is 1. The molecule has 0 spiro atoms. The van der Waals surface area contributed by atoms with Gasteiger partial charge in [0.2, 0.25) is 0 Å². The fourth-order valence-electron chi connectivity index (χ4n) is 4.53. The SMILES string of the molecule is CCOC(=O)c1ccc(N2CCN(Cc3ccccc3)CC2)c(NC(=O)COc2ccc(C)cc2C)c1. The fraction of sp³-hybridized carbons (Fsp3) is 0.333. The first-order valence-corrected chi connectivity index (χ1v) is 12.7. The van der Waals surface area contributed by atoms with Gasteiger partial charge in [-0.15, -0.1) is 0 Å². The highest BCUT2D eigenvalue weighted by atomic mass is 16.5. The molecule has 0 aliphatic carbocycles. The second-order valence-electron chi connectivity index (χ2n) is 9.31. The average molecular weight is 502 g/mol. The highest BCUT2D eigenvalue weighted by Gasteiger charge is 2.22. The topological polar surface area (TPSA) is 71.1 Å². The van der Waals surface area contributed by atoms with Gasteiger partial charge in [-0.3, -0.25) is 9.69 Å². The molecule has 1 saturated heterocycles. The quantitative estimate of drug-likeness (QED) is 0.424. The number of ether oxygens (including phenoxy) is 2. The third kappa shape index (κ3) is 7.11. The number of benzene rings is 3. The second kappa shape index (κ2) is 12.4. The minimum Gasteiger partial charge on any atom is -0.483 e. The van der Waals surface area contributed by atoms with E-state index in [4.69, 9.17) is 9.47 Å². The van der Waals surface area contributed by atoms with Crippen molar-refractivity contribution in [3.63, 3.8) is 0 Å². The lowest BCUT2D eigenvalue weighted by atomic mass is 10.1. The molecule has 1 heterocycles. The number of hydrogen-bond acceptors (Lipinski definition) is 6. The van der Waals surface area contributed by atoms with Crippen molar-refractivity contribution in [3.8, 4) is 5.75 Å². The summed E-state index contributed by atoms with van der Waals surface area (Å²) in [5.41, 5.74) is 5.28. The maximum atomic E-state index is 12.9. The number of carbonyl (C=O) groups excluding carboxylic acids is 2. The van der Waals surface area contributed by atoms with E-state index in [-0.39, 0.29) is 19.1 Å². The molecule has 0 atom stereocenters. The number of aryl methyl sites for hydroxylation is 2. The zero-order chi connectivity index (χ0) is 26.2. The molecule has 3 aromatic carbocycles. The van der Waals surface area contributed by atoms with Gasteiger partial charge in [0.15, 0.2) is 6.61 Å². The number of esters is 1. The van der Waals surface area contributed by atoms with Gasteiger partial charge in [0, 0.05) is 32.7 Å². The maximum Gasteiger partial charge on any atom is 0.338 e. The highest BCUT2D eigenvalue weighted by molar-refractivity contribution is 5.98. The summed E-state index contributed by atoms with van der Waals surface area (Å²) in [4.78, 5) is 29.9. The molecule has 37 heavy (non-hydrogen) atoms. The van der Waals surface area contributed by atoms with Gasteiger partial charge in [-0.05, 0) is 56.2 Å². The molecule has 1 aliphatic heterocycles. The molecule has 0 radical (unpaired) electrons. The largest absolute Gasteiger partial charge is 0.483 e. The number of hydrogen-bond donors (Lipinski definition) is 1. The summed E-state index contributed by atoms with van der Waals surface area (Å²) in [6, 6.07) is 21.6. The number of nitrogens with zero attached hydrogens (tertiary/aromatic N) is 2. The molecule has 1 amide bonds. The standard InChI is InChI=1S/C30H35N3O4/c1-4-36-30(35)25-11-12-27(33-16-14-32(15-17-33)20-24-8-6-5-7-9-24)26(19-25)31-29(34)21-37-28-13-10-22(2)18-23(28)3/h5-13,18-19H,4,14-17,20-21H2,1-3H3,(H,31,34). The van der Waals surface area contributed by atoms with Crippen LogP contribution in [-0.4, -0.2) is 56.2 Å². The molecular weight excluding hydrogens is 466 g/mol. The zero-order valence-electron chi connectivity index (χ0n) is 21.8. The number of anilines is 2. The molecular formula is C30H35N3O4. The molecule has 0 bridgehead atoms. The summed E-state index contributed by atoms with van der Waals surface area (Å²) < 4.78 is 10.9. The molecule has 194 valence electrons. The minimum absolute atomic E-state index is 0.127. The van der Waals surface area contributed by atoms with Crippen LogP contribution in [0.5, 0.6) is 5.75 Å². The molecule has 4 rings (SSSR count). The fourth-order valence-corrected chi connectivity index (χ4v) is 4.53. The van der Waals surface area contributed by atoms with Crippen molar-refractivity contribution in [2.24, 2.45) is 0 Å². The van der Waals surface area contributed by atoms with Gasteiger partial charge >= 0.3 is 5.97 Å². The predicted molar refractivity (Wildman–Crippen MR) is 146 cm³/mol. The van der Waals surface area contributed by atoms with Crippen molar-refractivity contribution in [1.82, 2.24) is 4.90 Å². The van der Waals surface area contributed by atoms with Gasteiger partial charge in [0.25, 0.3) is 5.91 Å². The smallest absolute Gasteiger partial charge is 0.338 e. The Morgan fingerprint density at radius 3 is 2.38 bits per heavy atom. The van der Waals surface area contributed by atoms with E-state index in [0.717, 1.165) is 49.5 Å². The van der Waals surface area contributed by atoms with Crippen LogP contribution in [0.1, 0.15) is 34.0 Å². The molecule has 0 saturated carbocycles. The summed E-state index contributed by atoms with van der Waals surface area (Å²) in [5.74, 6) is -0.0236. The Bertz CT molecular complexity index is 1220. The molecule has 1 aliphatic rings. The predicted octanol–water partition coefficient (Wildman–Crippen LogP) is 4.82. The molecule has 7 heteroatoms. The monoisotopic (exact) mass is 501 g/mol. The lowest BCUT2D eigenvalue weighted by molar-refractivity contribution is -0.118. The lowest BCUT2D eigenvalue weighted by Gasteiger charge is -2.37. The Kier molecular flexibility index (Phi) is 8.80. The van der Waals surface area contributed by atoms with Crippen molar-refractivity contribution in [1.29, 1.82) is 0 Å².